The van der Waals surface area contributed by atoms with Gasteiger partial charge in [0.15, 0.2) is 5.58 Å². The van der Waals surface area contributed by atoms with Crippen molar-refractivity contribution in [2.45, 2.75) is 18.7 Å². The van der Waals surface area contributed by atoms with Crippen molar-refractivity contribution in [2.75, 3.05) is 0 Å². The van der Waals surface area contributed by atoms with Crippen molar-refractivity contribution in [3.05, 3.63) is 77.6 Å². The Balaban J connectivity index is 1.39. The summed E-state index contributed by atoms with van der Waals surface area (Å²) < 4.78 is 8.37. The second kappa shape index (κ2) is 8.38. The number of rotatable bonds is 4. The molecule has 0 aliphatic rings. The summed E-state index contributed by atoms with van der Waals surface area (Å²) in [6.07, 6.45) is 3.35. The number of aromatic nitrogens is 2. The van der Waals surface area contributed by atoms with Crippen LogP contribution in [0.5, 0.6) is 0 Å². The van der Waals surface area contributed by atoms with E-state index in [9.17, 15) is 9.59 Å². The van der Waals surface area contributed by atoms with Crippen LogP contribution in [0.2, 0.25) is 0 Å². The molecule has 0 unspecified atom stereocenters. The first-order chi connectivity index (χ1) is 14.5. The van der Waals surface area contributed by atoms with Crippen molar-refractivity contribution >= 4 is 35.0 Å². The topological polar surface area (TPSA) is 97.1 Å². The van der Waals surface area contributed by atoms with Gasteiger partial charge < -0.3 is 4.42 Å². The molecule has 0 spiro atoms. The number of benzene rings is 2. The number of amides is 3. The lowest BCUT2D eigenvalue weighted by atomic mass is 10.1. The van der Waals surface area contributed by atoms with Gasteiger partial charge in [-0.2, -0.15) is 0 Å². The minimum atomic E-state index is -0.596. The molecule has 7 nitrogen and oxygen atoms in total. The Hall–Kier alpha value is -3.65. The molecule has 0 aliphatic heterocycles. The maximum atomic E-state index is 12.2. The number of fused-ring (bicyclic) bond motifs is 1. The summed E-state index contributed by atoms with van der Waals surface area (Å²) in [7, 11) is 0. The number of carbonyl (C=O) groups excluding carboxylic acids is 2. The average Bonchev–Trinajstić information content (AvgIpc) is 3.18. The van der Waals surface area contributed by atoms with Crippen molar-refractivity contribution in [1.29, 1.82) is 0 Å². The molecule has 3 amide bonds. The zero-order valence-corrected chi connectivity index (χ0v) is 17.1. The third-order valence-corrected chi connectivity index (χ3v) is 5.32. The maximum Gasteiger partial charge on any atom is 0.331 e. The second-order valence-corrected chi connectivity index (χ2v) is 7.55. The Morgan fingerprint density at radius 2 is 1.77 bits per heavy atom. The molecule has 0 atom stereocenters. The van der Waals surface area contributed by atoms with Gasteiger partial charge >= 0.3 is 6.03 Å². The van der Waals surface area contributed by atoms with Crippen LogP contribution in [0.15, 0.2) is 70.2 Å². The molecule has 2 aromatic carbocycles. The van der Waals surface area contributed by atoms with E-state index in [0.717, 1.165) is 33.5 Å². The van der Waals surface area contributed by atoms with Crippen molar-refractivity contribution in [2.24, 2.45) is 0 Å². The van der Waals surface area contributed by atoms with Gasteiger partial charge in [0.1, 0.15) is 5.52 Å². The van der Waals surface area contributed by atoms with E-state index < -0.39 is 11.9 Å². The van der Waals surface area contributed by atoms with Gasteiger partial charge in [-0.3, -0.25) is 19.8 Å². The van der Waals surface area contributed by atoms with E-state index >= 15 is 0 Å². The molecule has 0 saturated heterocycles. The van der Waals surface area contributed by atoms with Crippen LogP contribution in [0, 0.1) is 13.8 Å². The van der Waals surface area contributed by atoms with Gasteiger partial charge in [-0.05, 0) is 79.4 Å². The SMILES string of the molecule is Cc1ccc(C(=O)NC(=O)NSc2ccc3oc(-c4ccncc4)nc3c2)cc1C. The quantitative estimate of drug-likeness (QED) is 0.468. The van der Waals surface area contributed by atoms with Gasteiger partial charge in [-0.25, -0.2) is 9.78 Å². The number of imide groups is 1. The van der Waals surface area contributed by atoms with Crippen molar-refractivity contribution < 1.29 is 14.0 Å². The van der Waals surface area contributed by atoms with E-state index in [1.165, 1.54) is 0 Å². The van der Waals surface area contributed by atoms with Crippen LogP contribution in [0.4, 0.5) is 4.79 Å². The smallest absolute Gasteiger partial charge is 0.331 e. The van der Waals surface area contributed by atoms with Crippen LogP contribution in [0.3, 0.4) is 0 Å². The van der Waals surface area contributed by atoms with Crippen LogP contribution < -0.4 is 10.0 Å². The van der Waals surface area contributed by atoms with Gasteiger partial charge in [0.05, 0.1) is 0 Å². The standard InChI is InChI=1S/C22H18N4O3S/c1-13-3-4-16(11-14(13)2)20(27)25-22(28)26-30-17-5-6-19-18(12-17)24-21(29-19)15-7-9-23-10-8-15/h3-12H,1-2H3,(H2,25,26,27,28). The zero-order valence-electron chi connectivity index (χ0n) is 16.3. The first-order valence-electron chi connectivity index (χ1n) is 9.16. The second-order valence-electron chi connectivity index (χ2n) is 6.67. The molecule has 0 fully saturated rings. The molecule has 8 heteroatoms. The molecular formula is C22H18N4O3S. The minimum Gasteiger partial charge on any atom is -0.436 e. The highest BCUT2D eigenvalue weighted by atomic mass is 32.2. The van der Waals surface area contributed by atoms with E-state index in [0.29, 0.717) is 22.6 Å². The number of carbonyl (C=O) groups is 2. The van der Waals surface area contributed by atoms with Gasteiger partial charge in [0, 0.05) is 28.4 Å². The van der Waals surface area contributed by atoms with Crippen LogP contribution in [0.25, 0.3) is 22.6 Å². The minimum absolute atomic E-state index is 0.436. The normalized spacial score (nSPS) is 10.7. The van der Waals surface area contributed by atoms with E-state index in [1.54, 1.807) is 42.7 Å². The Morgan fingerprint density at radius 1 is 0.967 bits per heavy atom. The molecule has 2 heterocycles. The summed E-state index contributed by atoms with van der Waals surface area (Å²) in [6, 6.07) is 13.7. The maximum absolute atomic E-state index is 12.2. The zero-order chi connectivity index (χ0) is 21.1. The largest absolute Gasteiger partial charge is 0.436 e. The number of hydrogen-bond donors (Lipinski definition) is 2. The Morgan fingerprint density at radius 3 is 2.53 bits per heavy atom. The fourth-order valence-electron chi connectivity index (χ4n) is 2.78. The highest BCUT2D eigenvalue weighted by molar-refractivity contribution is 7.98. The van der Waals surface area contributed by atoms with E-state index in [1.807, 2.05) is 32.0 Å². The summed E-state index contributed by atoms with van der Waals surface area (Å²) >= 11 is 1.09. The van der Waals surface area contributed by atoms with Crippen LogP contribution in [0.1, 0.15) is 21.5 Å². The number of hydrogen-bond acceptors (Lipinski definition) is 6. The lowest BCUT2D eigenvalue weighted by Gasteiger charge is -2.07. The molecule has 0 radical (unpaired) electrons. The summed E-state index contributed by atoms with van der Waals surface area (Å²) in [5, 5.41) is 2.33. The number of pyridine rings is 1. The van der Waals surface area contributed by atoms with Crippen LogP contribution in [-0.2, 0) is 0 Å². The molecule has 0 bridgehead atoms. The molecular weight excluding hydrogens is 400 g/mol. The summed E-state index contributed by atoms with van der Waals surface area (Å²) in [5.41, 5.74) is 4.65. The van der Waals surface area contributed by atoms with Gasteiger partial charge in [0.2, 0.25) is 5.89 Å². The summed E-state index contributed by atoms with van der Waals surface area (Å²) in [6.45, 7) is 3.88. The number of nitrogens with zero attached hydrogens (tertiary/aromatic N) is 2. The number of urea groups is 1. The van der Waals surface area contributed by atoms with Crippen molar-refractivity contribution in [3.8, 4) is 11.5 Å². The van der Waals surface area contributed by atoms with Gasteiger partial charge in [0.25, 0.3) is 5.91 Å². The summed E-state index contributed by atoms with van der Waals surface area (Å²) in [5.74, 6) is 0.0457. The van der Waals surface area contributed by atoms with Gasteiger partial charge in [-0.1, -0.05) is 6.07 Å². The first kappa shape index (κ1) is 19.7. The number of nitrogens with one attached hydrogen (secondary N) is 2. The molecule has 30 heavy (non-hydrogen) atoms. The number of oxazole rings is 1. The molecule has 0 saturated carbocycles. The number of aryl methyl sites for hydroxylation is 2. The lowest BCUT2D eigenvalue weighted by molar-refractivity contribution is 0.0965. The molecule has 2 aromatic heterocycles. The van der Waals surface area contributed by atoms with Crippen LogP contribution in [-0.4, -0.2) is 21.9 Å². The first-order valence-corrected chi connectivity index (χ1v) is 9.97. The fraction of sp³-hybridized carbons (Fsp3) is 0.0909. The van der Waals surface area contributed by atoms with Crippen LogP contribution >= 0.6 is 11.9 Å². The molecule has 4 rings (SSSR count). The Labute approximate surface area is 177 Å². The predicted molar refractivity (Wildman–Crippen MR) is 115 cm³/mol. The molecule has 0 aliphatic carbocycles. The third kappa shape index (κ3) is 4.33. The predicted octanol–water partition coefficient (Wildman–Crippen LogP) is 4.65. The van der Waals surface area contributed by atoms with Crippen molar-refractivity contribution in [3.63, 3.8) is 0 Å². The lowest BCUT2D eigenvalue weighted by Crippen LogP contribution is -2.36. The fourth-order valence-corrected chi connectivity index (χ4v) is 3.35. The molecule has 150 valence electrons. The highest BCUT2D eigenvalue weighted by Gasteiger charge is 2.12. The molecule has 4 aromatic rings. The van der Waals surface area contributed by atoms with Gasteiger partial charge in [-0.15, -0.1) is 0 Å². The summed E-state index contributed by atoms with van der Waals surface area (Å²) in [4.78, 5) is 33.6. The van der Waals surface area contributed by atoms with E-state index in [-0.39, 0.29) is 0 Å². The third-order valence-electron chi connectivity index (χ3n) is 4.54. The highest BCUT2D eigenvalue weighted by Crippen LogP contribution is 2.26. The average molecular weight is 418 g/mol. The Bertz CT molecular complexity index is 1240. The Kier molecular flexibility index (Phi) is 5.49. The monoisotopic (exact) mass is 418 g/mol. The molecule has 2 N–H and O–H groups in total. The van der Waals surface area contributed by atoms with E-state index in [2.05, 4.69) is 20.0 Å². The van der Waals surface area contributed by atoms with E-state index in [4.69, 9.17) is 4.42 Å². The van der Waals surface area contributed by atoms with Crippen molar-refractivity contribution in [1.82, 2.24) is 20.0 Å².